The van der Waals surface area contributed by atoms with Crippen LogP contribution in [-0.2, 0) is 0 Å². The van der Waals surface area contributed by atoms with Gasteiger partial charge in [-0.1, -0.05) is 12.1 Å². The minimum Gasteiger partial charge on any atom is -0.494 e. The van der Waals surface area contributed by atoms with Crippen molar-refractivity contribution in [3.05, 3.63) is 29.3 Å². The van der Waals surface area contributed by atoms with Gasteiger partial charge in [-0.15, -0.1) is 0 Å². The van der Waals surface area contributed by atoms with Crippen molar-refractivity contribution in [2.75, 3.05) is 20.2 Å². The van der Waals surface area contributed by atoms with Crippen LogP contribution >= 0.6 is 0 Å². The molecule has 90 valence electrons. The Hall–Kier alpha value is -1.06. The summed E-state index contributed by atoms with van der Waals surface area (Å²) >= 11 is 0. The van der Waals surface area contributed by atoms with Crippen LogP contribution in [0.4, 0.5) is 0 Å². The van der Waals surface area contributed by atoms with E-state index >= 15 is 0 Å². The van der Waals surface area contributed by atoms with Crippen LogP contribution < -0.4 is 15.8 Å². The zero-order valence-corrected chi connectivity index (χ0v) is 10.4. The summed E-state index contributed by atoms with van der Waals surface area (Å²) in [4.78, 5) is 0. The molecule has 3 N–H and O–H groups in total. The van der Waals surface area contributed by atoms with Gasteiger partial charge >= 0.3 is 0 Å². The molecule has 1 unspecified atom stereocenters. The molecule has 0 saturated heterocycles. The molecule has 1 aromatic rings. The molecule has 0 amide bonds. The molecule has 0 fully saturated rings. The highest BCUT2D eigenvalue weighted by molar-refractivity contribution is 5.37. The van der Waals surface area contributed by atoms with Crippen LogP contribution in [0.5, 0.6) is 5.75 Å². The smallest absolute Gasteiger partial charge is 0.122 e. The first-order valence-corrected chi connectivity index (χ1v) is 5.82. The first-order chi connectivity index (χ1) is 7.69. The van der Waals surface area contributed by atoms with Crippen molar-refractivity contribution in [2.24, 2.45) is 5.73 Å². The Kier molecular flexibility index (Phi) is 5.29. The van der Waals surface area contributed by atoms with Crippen LogP contribution in [0.3, 0.4) is 0 Å². The lowest BCUT2D eigenvalue weighted by Crippen LogP contribution is -2.18. The van der Waals surface area contributed by atoms with Gasteiger partial charge in [-0.25, -0.2) is 0 Å². The van der Waals surface area contributed by atoms with E-state index in [4.69, 9.17) is 10.5 Å². The van der Waals surface area contributed by atoms with Crippen molar-refractivity contribution >= 4 is 0 Å². The molecule has 1 atom stereocenters. The molecule has 0 saturated carbocycles. The second-order valence-corrected chi connectivity index (χ2v) is 3.96. The fourth-order valence-electron chi connectivity index (χ4n) is 1.69. The first kappa shape index (κ1) is 13.0. The Morgan fingerprint density at radius 2 is 2.19 bits per heavy atom. The number of hydrogen-bond acceptors (Lipinski definition) is 3. The number of rotatable bonds is 6. The van der Waals surface area contributed by atoms with Gasteiger partial charge in [0.05, 0.1) is 6.61 Å². The van der Waals surface area contributed by atoms with Gasteiger partial charge in [0.2, 0.25) is 0 Å². The number of ether oxygens (including phenoxy) is 1. The lowest BCUT2D eigenvalue weighted by molar-refractivity contribution is 0.337. The molecule has 0 spiro atoms. The van der Waals surface area contributed by atoms with Crippen LogP contribution in [0.25, 0.3) is 0 Å². The van der Waals surface area contributed by atoms with Crippen LogP contribution in [0.1, 0.15) is 30.5 Å². The van der Waals surface area contributed by atoms with E-state index in [-0.39, 0.29) is 6.04 Å². The second-order valence-electron chi connectivity index (χ2n) is 3.96. The third-order valence-electron chi connectivity index (χ3n) is 2.63. The quantitative estimate of drug-likeness (QED) is 0.774. The summed E-state index contributed by atoms with van der Waals surface area (Å²) in [6.07, 6.45) is 0.948. The highest BCUT2D eigenvalue weighted by atomic mass is 16.5. The van der Waals surface area contributed by atoms with Crippen LogP contribution in [0, 0.1) is 6.92 Å². The lowest BCUT2D eigenvalue weighted by Gasteiger charge is -2.14. The highest BCUT2D eigenvalue weighted by Gasteiger charge is 2.07. The maximum absolute atomic E-state index is 6.09. The molecular formula is C13H22N2O. The summed E-state index contributed by atoms with van der Waals surface area (Å²) in [5.41, 5.74) is 8.42. The Balaban J connectivity index is 2.71. The Bertz CT molecular complexity index is 326. The van der Waals surface area contributed by atoms with Crippen LogP contribution in [0.2, 0.25) is 0 Å². The molecule has 0 aliphatic heterocycles. The average Bonchev–Trinajstić information content (AvgIpc) is 2.29. The molecule has 0 aliphatic rings. The zero-order chi connectivity index (χ0) is 12.0. The van der Waals surface area contributed by atoms with Crippen molar-refractivity contribution < 1.29 is 4.74 Å². The second kappa shape index (κ2) is 6.51. The molecule has 1 rings (SSSR count). The molecule has 1 aromatic carbocycles. The number of nitrogens with two attached hydrogens (primary N) is 1. The van der Waals surface area contributed by atoms with Crippen LogP contribution in [0.15, 0.2) is 18.2 Å². The van der Waals surface area contributed by atoms with Crippen LogP contribution in [-0.4, -0.2) is 20.2 Å². The minimum absolute atomic E-state index is 0.0989. The third-order valence-corrected chi connectivity index (χ3v) is 2.63. The summed E-state index contributed by atoms with van der Waals surface area (Å²) in [5.74, 6) is 0.951. The predicted octanol–water partition coefficient (Wildman–Crippen LogP) is 2.00. The number of benzene rings is 1. The van der Waals surface area contributed by atoms with E-state index in [1.54, 1.807) is 0 Å². The number of hydrogen-bond donors (Lipinski definition) is 2. The molecule has 0 aromatic heterocycles. The molecule has 16 heavy (non-hydrogen) atoms. The van der Waals surface area contributed by atoms with Crippen molar-refractivity contribution in [3.8, 4) is 5.75 Å². The fourth-order valence-corrected chi connectivity index (χ4v) is 1.69. The van der Waals surface area contributed by atoms with E-state index in [9.17, 15) is 0 Å². The zero-order valence-electron chi connectivity index (χ0n) is 10.4. The first-order valence-electron chi connectivity index (χ1n) is 5.82. The molecule has 0 heterocycles. The Morgan fingerprint density at radius 3 is 2.75 bits per heavy atom. The standard InChI is InChI=1S/C13H22N2O/c1-4-16-13-6-5-11(9-10(13)2)12(14)7-8-15-3/h5-6,9,12,15H,4,7-8,14H2,1-3H3. The normalized spacial score (nSPS) is 12.5. The molecule has 0 radical (unpaired) electrons. The van der Waals surface area contributed by atoms with Gasteiger partial charge in [0, 0.05) is 6.04 Å². The van der Waals surface area contributed by atoms with Crippen molar-refractivity contribution in [1.82, 2.24) is 5.32 Å². The molecular weight excluding hydrogens is 200 g/mol. The van der Waals surface area contributed by atoms with Crippen molar-refractivity contribution in [3.63, 3.8) is 0 Å². The van der Waals surface area contributed by atoms with Gasteiger partial charge in [-0.2, -0.15) is 0 Å². The Labute approximate surface area is 98.0 Å². The maximum Gasteiger partial charge on any atom is 0.122 e. The summed E-state index contributed by atoms with van der Waals surface area (Å²) in [5, 5.41) is 3.11. The van der Waals surface area contributed by atoms with Gasteiger partial charge < -0.3 is 15.8 Å². The fraction of sp³-hybridized carbons (Fsp3) is 0.538. The maximum atomic E-state index is 6.09. The molecule has 3 heteroatoms. The minimum atomic E-state index is 0.0989. The summed E-state index contributed by atoms with van der Waals surface area (Å²) in [6.45, 7) is 5.69. The van der Waals surface area contributed by atoms with Crippen molar-refractivity contribution in [2.45, 2.75) is 26.3 Å². The van der Waals surface area contributed by atoms with E-state index < -0.39 is 0 Å². The summed E-state index contributed by atoms with van der Waals surface area (Å²) < 4.78 is 5.50. The van der Waals surface area contributed by atoms with Gasteiger partial charge in [-0.3, -0.25) is 0 Å². The highest BCUT2D eigenvalue weighted by Crippen LogP contribution is 2.23. The monoisotopic (exact) mass is 222 g/mol. The summed E-state index contributed by atoms with van der Waals surface area (Å²) in [6, 6.07) is 6.28. The average molecular weight is 222 g/mol. The summed E-state index contributed by atoms with van der Waals surface area (Å²) in [7, 11) is 1.94. The van der Waals surface area contributed by atoms with E-state index in [1.165, 1.54) is 5.56 Å². The molecule has 0 bridgehead atoms. The third kappa shape index (κ3) is 3.51. The topological polar surface area (TPSA) is 47.3 Å². The van der Waals surface area contributed by atoms with Gasteiger partial charge in [0.15, 0.2) is 0 Å². The van der Waals surface area contributed by atoms with Gasteiger partial charge in [-0.05, 0) is 51.1 Å². The van der Waals surface area contributed by atoms with E-state index in [0.29, 0.717) is 6.61 Å². The SMILES string of the molecule is CCOc1ccc(C(N)CCNC)cc1C. The van der Waals surface area contributed by atoms with Gasteiger partial charge in [0.25, 0.3) is 0 Å². The number of aryl methyl sites for hydroxylation is 1. The molecule has 0 aliphatic carbocycles. The lowest BCUT2D eigenvalue weighted by atomic mass is 10.0. The van der Waals surface area contributed by atoms with E-state index in [1.807, 2.05) is 20.0 Å². The van der Waals surface area contributed by atoms with E-state index in [2.05, 4.69) is 24.4 Å². The van der Waals surface area contributed by atoms with Gasteiger partial charge in [0.1, 0.15) is 5.75 Å². The van der Waals surface area contributed by atoms with Crippen molar-refractivity contribution in [1.29, 1.82) is 0 Å². The Morgan fingerprint density at radius 1 is 1.44 bits per heavy atom. The van der Waals surface area contributed by atoms with E-state index in [0.717, 1.165) is 24.3 Å². The predicted molar refractivity (Wildman–Crippen MR) is 67.8 cm³/mol. The molecule has 3 nitrogen and oxygen atoms in total. The number of nitrogens with one attached hydrogen (secondary N) is 1. The largest absolute Gasteiger partial charge is 0.494 e.